The van der Waals surface area contributed by atoms with E-state index in [2.05, 4.69) is 46.2 Å². The molecule has 0 amide bonds. The fourth-order valence-corrected chi connectivity index (χ4v) is 3.74. The number of ether oxygens (including phenoxy) is 2. The predicted molar refractivity (Wildman–Crippen MR) is 145 cm³/mol. The summed E-state index contributed by atoms with van der Waals surface area (Å²) in [6.45, 7) is 1.82. The first kappa shape index (κ1) is 30.2. The number of H-pyrrole nitrogens is 1. The number of aromatic nitrogens is 4. The second kappa shape index (κ2) is 18.3. The molecule has 1 atom stereocenters. The zero-order chi connectivity index (χ0) is 26.7. The summed E-state index contributed by atoms with van der Waals surface area (Å²) in [6, 6.07) is 0. The molecule has 2 aromatic rings. The highest BCUT2D eigenvalue weighted by Gasteiger charge is 2.14. The van der Waals surface area contributed by atoms with E-state index in [0.29, 0.717) is 6.42 Å². The van der Waals surface area contributed by atoms with Crippen molar-refractivity contribution in [2.24, 2.45) is 0 Å². The van der Waals surface area contributed by atoms with Crippen LogP contribution in [0.25, 0.3) is 11.2 Å². The zero-order valence-corrected chi connectivity index (χ0v) is 22.1. The van der Waals surface area contributed by atoms with Crippen LogP contribution < -0.4 is 11.3 Å². The van der Waals surface area contributed by atoms with Crippen molar-refractivity contribution in [3.8, 4) is 0 Å². The van der Waals surface area contributed by atoms with Gasteiger partial charge in [-0.1, -0.05) is 63.3 Å². The van der Waals surface area contributed by atoms with Gasteiger partial charge >= 0.3 is 5.97 Å². The number of carbonyl (C=O) groups is 1. The number of hydrogen-bond donors (Lipinski definition) is 3. The summed E-state index contributed by atoms with van der Waals surface area (Å²) in [6.07, 6.45) is 22.4. The summed E-state index contributed by atoms with van der Waals surface area (Å²) in [5.74, 6) is -0.332. The number of allylic oxidation sites excluding steroid dienone is 4. The van der Waals surface area contributed by atoms with Crippen molar-refractivity contribution in [1.29, 1.82) is 0 Å². The van der Waals surface area contributed by atoms with Crippen LogP contribution >= 0.6 is 0 Å². The standard InChI is InChI=1S/C27H43N5O5/c1-2-3-4-5-6-7-8-9-10-11-12-13-14-15-16-17-23(34)36-19-22(18-33)37-21-32-20-29-24-25(32)30-27(28)31-26(24)35/h6-7,9-10,20,22,33H,2-5,8,11-19,21H2,1H3,(H3,28,30,31,35). The van der Waals surface area contributed by atoms with Crippen molar-refractivity contribution < 1.29 is 19.4 Å². The minimum atomic E-state index is -0.703. The molecular weight excluding hydrogens is 474 g/mol. The number of nitrogens with one attached hydrogen (secondary N) is 1. The van der Waals surface area contributed by atoms with Gasteiger partial charge in [-0.25, -0.2) is 4.98 Å². The third-order valence-corrected chi connectivity index (χ3v) is 5.91. The highest BCUT2D eigenvalue weighted by molar-refractivity contribution is 5.70. The van der Waals surface area contributed by atoms with Crippen molar-refractivity contribution in [2.75, 3.05) is 18.9 Å². The minimum absolute atomic E-state index is 0.0276. The van der Waals surface area contributed by atoms with Crippen LogP contribution in [-0.4, -0.2) is 49.9 Å². The molecule has 4 N–H and O–H groups in total. The van der Waals surface area contributed by atoms with Crippen molar-refractivity contribution in [1.82, 2.24) is 19.5 Å². The van der Waals surface area contributed by atoms with E-state index < -0.39 is 11.7 Å². The van der Waals surface area contributed by atoms with Crippen LogP contribution in [0.3, 0.4) is 0 Å². The van der Waals surface area contributed by atoms with Crippen molar-refractivity contribution in [2.45, 2.75) is 96.8 Å². The average molecular weight is 518 g/mol. The SMILES string of the molecule is CCCCCC=CCC=CCCCCCCCC(=O)OCC(CO)OCn1cnc2c(=O)[nH]c(N)nc21. The lowest BCUT2D eigenvalue weighted by molar-refractivity contribution is -0.150. The first-order valence-corrected chi connectivity index (χ1v) is 13.4. The molecule has 0 aliphatic rings. The predicted octanol–water partition coefficient (Wildman–Crippen LogP) is 4.39. The molecule has 0 spiro atoms. The maximum atomic E-state index is 12.0. The molecular formula is C27H43N5O5. The Kier molecular flexibility index (Phi) is 15.0. The van der Waals surface area contributed by atoms with Crippen LogP contribution in [0.1, 0.15) is 84.0 Å². The van der Waals surface area contributed by atoms with Gasteiger partial charge in [0.05, 0.1) is 12.9 Å². The Labute approximate surface area is 219 Å². The highest BCUT2D eigenvalue weighted by atomic mass is 16.6. The summed E-state index contributed by atoms with van der Waals surface area (Å²) in [7, 11) is 0. The van der Waals surface area contributed by atoms with Crippen LogP contribution in [0.15, 0.2) is 35.4 Å². The van der Waals surface area contributed by atoms with E-state index in [4.69, 9.17) is 15.2 Å². The summed E-state index contributed by atoms with van der Waals surface area (Å²) in [4.78, 5) is 34.3. The number of carbonyl (C=O) groups excluding carboxylic acids is 1. The van der Waals surface area contributed by atoms with Crippen LogP contribution in [0.5, 0.6) is 0 Å². The van der Waals surface area contributed by atoms with Crippen molar-refractivity contribution in [3.63, 3.8) is 0 Å². The molecule has 37 heavy (non-hydrogen) atoms. The summed E-state index contributed by atoms with van der Waals surface area (Å²) >= 11 is 0. The Morgan fingerprint density at radius 2 is 1.81 bits per heavy atom. The number of aliphatic hydroxyl groups is 1. The third kappa shape index (κ3) is 12.2. The number of nitrogen functional groups attached to an aromatic ring is 1. The van der Waals surface area contributed by atoms with Gasteiger partial charge in [-0.2, -0.15) is 4.98 Å². The lowest BCUT2D eigenvalue weighted by Gasteiger charge is -2.16. The molecule has 2 heterocycles. The number of esters is 1. The van der Waals surface area contributed by atoms with Crippen LogP contribution in [0.2, 0.25) is 0 Å². The lowest BCUT2D eigenvalue weighted by Crippen LogP contribution is -2.26. The second-order valence-electron chi connectivity index (χ2n) is 9.10. The Hall–Kier alpha value is -2.98. The Balaban J connectivity index is 1.50. The van der Waals surface area contributed by atoms with E-state index in [1.165, 1.54) is 43.0 Å². The minimum Gasteiger partial charge on any atom is -0.463 e. The number of anilines is 1. The number of imidazole rings is 1. The summed E-state index contributed by atoms with van der Waals surface area (Å²) in [5.41, 5.74) is 5.55. The molecule has 10 nitrogen and oxygen atoms in total. The van der Waals surface area contributed by atoms with E-state index in [9.17, 15) is 14.7 Å². The van der Waals surface area contributed by atoms with E-state index in [1.807, 2.05) is 0 Å². The number of fused-ring (bicyclic) bond motifs is 1. The highest BCUT2D eigenvalue weighted by Crippen LogP contribution is 2.10. The van der Waals surface area contributed by atoms with Gasteiger partial charge in [0.15, 0.2) is 11.2 Å². The molecule has 0 bridgehead atoms. The smallest absolute Gasteiger partial charge is 0.305 e. The van der Waals surface area contributed by atoms with Gasteiger partial charge in [-0.3, -0.25) is 19.1 Å². The number of aromatic amines is 1. The van der Waals surface area contributed by atoms with Crippen molar-refractivity contribution in [3.05, 3.63) is 41.0 Å². The van der Waals surface area contributed by atoms with E-state index in [0.717, 1.165) is 38.5 Å². The number of hydrogen-bond acceptors (Lipinski definition) is 8. The summed E-state index contributed by atoms with van der Waals surface area (Å²) in [5, 5.41) is 9.55. The van der Waals surface area contributed by atoms with Gasteiger partial charge in [-0.05, 0) is 38.5 Å². The Bertz CT molecular complexity index is 1030. The quantitative estimate of drug-likeness (QED) is 0.133. The molecule has 1 unspecified atom stereocenters. The maximum absolute atomic E-state index is 12.0. The number of nitrogens with two attached hydrogens (primary N) is 1. The van der Waals surface area contributed by atoms with Gasteiger partial charge in [0.25, 0.3) is 5.56 Å². The molecule has 0 aliphatic heterocycles. The topological polar surface area (TPSA) is 145 Å². The maximum Gasteiger partial charge on any atom is 0.305 e. The fourth-order valence-electron chi connectivity index (χ4n) is 3.74. The van der Waals surface area contributed by atoms with Gasteiger partial charge in [0, 0.05) is 6.42 Å². The van der Waals surface area contributed by atoms with Gasteiger partial charge in [-0.15, -0.1) is 0 Å². The second-order valence-corrected chi connectivity index (χ2v) is 9.10. The molecule has 0 fully saturated rings. The lowest BCUT2D eigenvalue weighted by atomic mass is 10.1. The van der Waals surface area contributed by atoms with Crippen LogP contribution in [0, 0.1) is 0 Å². The Morgan fingerprint density at radius 1 is 1.11 bits per heavy atom. The van der Waals surface area contributed by atoms with Crippen molar-refractivity contribution >= 4 is 23.1 Å². The summed E-state index contributed by atoms with van der Waals surface area (Å²) < 4.78 is 12.3. The van der Waals surface area contributed by atoms with E-state index >= 15 is 0 Å². The zero-order valence-electron chi connectivity index (χ0n) is 22.1. The van der Waals surface area contributed by atoms with Gasteiger partial charge < -0.3 is 20.3 Å². The number of unbranched alkanes of at least 4 members (excludes halogenated alkanes) is 8. The van der Waals surface area contributed by atoms with Gasteiger partial charge in [0.1, 0.15) is 19.4 Å². The molecule has 10 heteroatoms. The molecule has 0 aliphatic carbocycles. The van der Waals surface area contributed by atoms with E-state index in [-0.39, 0.29) is 43.0 Å². The van der Waals surface area contributed by atoms with E-state index in [1.54, 1.807) is 0 Å². The van der Waals surface area contributed by atoms with Gasteiger partial charge in [0.2, 0.25) is 5.95 Å². The number of rotatable bonds is 20. The molecule has 2 rings (SSSR count). The third-order valence-electron chi connectivity index (χ3n) is 5.91. The average Bonchev–Trinajstić information content (AvgIpc) is 3.29. The largest absolute Gasteiger partial charge is 0.463 e. The van der Waals surface area contributed by atoms with Crippen LogP contribution in [0.4, 0.5) is 5.95 Å². The molecule has 206 valence electrons. The molecule has 0 aromatic carbocycles. The normalized spacial score (nSPS) is 12.7. The number of nitrogens with zero attached hydrogens (tertiary/aromatic N) is 3. The Morgan fingerprint density at radius 3 is 2.54 bits per heavy atom. The molecule has 0 saturated heterocycles. The molecule has 0 saturated carbocycles. The monoisotopic (exact) mass is 517 g/mol. The van der Waals surface area contributed by atoms with Crippen LogP contribution in [-0.2, 0) is 21.0 Å². The fraction of sp³-hybridized carbons (Fsp3) is 0.630. The number of aliphatic hydroxyl groups excluding tert-OH is 1. The first-order chi connectivity index (χ1) is 18.0. The molecule has 0 radical (unpaired) electrons. The first-order valence-electron chi connectivity index (χ1n) is 13.4. The molecule has 2 aromatic heterocycles.